The molecule has 0 bridgehead atoms. The molecule has 1 N–H and O–H groups in total. The van der Waals surface area contributed by atoms with Crippen LogP contribution in [0, 0.1) is 0 Å². The molecule has 0 unspecified atom stereocenters. The lowest BCUT2D eigenvalue weighted by Gasteiger charge is -2.16. The molecule has 1 aliphatic rings. The number of anilines is 1. The normalized spacial score (nSPS) is 13.8. The van der Waals surface area contributed by atoms with E-state index in [9.17, 15) is 4.79 Å². The Morgan fingerprint density at radius 2 is 2.08 bits per heavy atom. The zero-order valence-electron chi connectivity index (χ0n) is 13.5. The molecule has 0 saturated carbocycles. The average Bonchev–Trinajstić information content (AvgIpc) is 3.13. The van der Waals surface area contributed by atoms with E-state index >= 15 is 0 Å². The molecule has 1 aliphatic heterocycles. The highest BCUT2D eigenvalue weighted by Gasteiger charge is 2.19. The number of hydrogen-bond acceptors (Lipinski definition) is 5. The van der Waals surface area contributed by atoms with Crippen molar-refractivity contribution in [2.24, 2.45) is 0 Å². The predicted molar refractivity (Wildman–Crippen MR) is 97.8 cm³/mol. The van der Waals surface area contributed by atoms with Crippen LogP contribution in [0.3, 0.4) is 0 Å². The van der Waals surface area contributed by atoms with Gasteiger partial charge in [-0.15, -0.1) is 0 Å². The van der Waals surface area contributed by atoms with Gasteiger partial charge in [-0.3, -0.25) is 4.79 Å². The standard InChI is InChI=1S/C17H18Cl2N4O2/c18-12-4-3-5-13(10-12)25-9-6-20-16(24)15-14(19)11-21-17(22-15)23-7-1-2-8-23/h3-5,10-11H,1-2,6-9H2,(H,20,24). The molecular formula is C17H18Cl2N4O2. The number of hydrogen-bond donors (Lipinski definition) is 1. The summed E-state index contributed by atoms with van der Waals surface area (Å²) in [6, 6.07) is 7.09. The smallest absolute Gasteiger partial charge is 0.271 e. The summed E-state index contributed by atoms with van der Waals surface area (Å²) in [5.41, 5.74) is 0.182. The minimum absolute atomic E-state index is 0.182. The summed E-state index contributed by atoms with van der Waals surface area (Å²) in [4.78, 5) is 22.9. The molecule has 1 aromatic carbocycles. The Balaban J connectivity index is 1.54. The lowest BCUT2D eigenvalue weighted by Crippen LogP contribution is -2.30. The monoisotopic (exact) mass is 380 g/mol. The lowest BCUT2D eigenvalue weighted by atomic mass is 10.3. The largest absolute Gasteiger partial charge is 0.492 e. The third kappa shape index (κ3) is 4.74. The molecule has 2 aromatic rings. The van der Waals surface area contributed by atoms with E-state index in [1.165, 1.54) is 6.20 Å². The van der Waals surface area contributed by atoms with E-state index in [2.05, 4.69) is 20.2 Å². The van der Waals surface area contributed by atoms with Crippen LogP contribution in [0.4, 0.5) is 5.95 Å². The summed E-state index contributed by atoms with van der Waals surface area (Å²) in [7, 11) is 0. The van der Waals surface area contributed by atoms with E-state index in [4.69, 9.17) is 27.9 Å². The second kappa shape index (κ2) is 8.36. The summed E-state index contributed by atoms with van der Waals surface area (Å²) in [6.07, 6.45) is 3.68. The molecule has 8 heteroatoms. The van der Waals surface area contributed by atoms with E-state index < -0.39 is 0 Å². The number of benzene rings is 1. The molecule has 0 radical (unpaired) electrons. The van der Waals surface area contributed by atoms with Gasteiger partial charge in [0.1, 0.15) is 12.4 Å². The van der Waals surface area contributed by atoms with Gasteiger partial charge in [0.2, 0.25) is 5.95 Å². The van der Waals surface area contributed by atoms with E-state index in [0.29, 0.717) is 29.9 Å². The molecule has 3 rings (SSSR count). The maximum Gasteiger partial charge on any atom is 0.271 e. The van der Waals surface area contributed by atoms with Gasteiger partial charge < -0.3 is 15.0 Å². The molecule has 2 heterocycles. The van der Waals surface area contributed by atoms with Gasteiger partial charge >= 0.3 is 0 Å². The maximum atomic E-state index is 12.3. The van der Waals surface area contributed by atoms with Gasteiger partial charge in [0.25, 0.3) is 5.91 Å². The van der Waals surface area contributed by atoms with Gasteiger partial charge in [0.05, 0.1) is 17.8 Å². The highest BCUT2D eigenvalue weighted by atomic mass is 35.5. The van der Waals surface area contributed by atoms with Crippen molar-refractivity contribution >= 4 is 35.1 Å². The second-order valence-corrected chi connectivity index (χ2v) is 6.47. The number of nitrogens with zero attached hydrogens (tertiary/aromatic N) is 3. The fraction of sp³-hybridized carbons (Fsp3) is 0.353. The predicted octanol–water partition coefficient (Wildman–Crippen LogP) is 3.19. The summed E-state index contributed by atoms with van der Waals surface area (Å²) < 4.78 is 5.54. The van der Waals surface area contributed by atoms with E-state index in [-0.39, 0.29) is 16.6 Å². The summed E-state index contributed by atoms with van der Waals surface area (Å²) in [5.74, 6) is 0.850. The van der Waals surface area contributed by atoms with Gasteiger partial charge in [0.15, 0.2) is 5.69 Å². The van der Waals surface area contributed by atoms with Crippen LogP contribution in [-0.2, 0) is 0 Å². The van der Waals surface area contributed by atoms with Crippen LogP contribution in [0.15, 0.2) is 30.5 Å². The Kier molecular flexibility index (Phi) is 5.94. The molecule has 1 fully saturated rings. The third-order valence-corrected chi connectivity index (χ3v) is 4.30. The van der Waals surface area contributed by atoms with E-state index in [0.717, 1.165) is 25.9 Å². The molecule has 1 aromatic heterocycles. The van der Waals surface area contributed by atoms with Crippen LogP contribution in [-0.4, -0.2) is 42.1 Å². The molecular weight excluding hydrogens is 363 g/mol. The minimum Gasteiger partial charge on any atom is -0.492 e. The number of aromatic nitrogens is 2. The first-order valence-electron chi connectivity index (χ1n) is 8.07. The third-order valence-electron chi connectivity index (χ3n) is 3.79. The highest BCUT2D eigenvalue weighted by molar-refractivity contribution is 6.33. The molecule has 6 nitrogen and oxygen atoms in total. The van der Waals surface area contributed by atoms with Gasteiger partial charge in [-0.25, -0.2) is 9.97 Å². The van der Waals surface area contributed by atoms with Crippen LogP contribution in [0.5, 0.6) is 5.75 Å². The summed E-state index contributed by atoms with van der Waals surface area (Å²) >= 11 is 12.0. The van der Waals surface area contributed by atoms with Gasteiger partial charge in [-0.05, 0) is 31.0 Å². The molecule has 0 atom stereocenters. The highest BCUT2D eigenvalue weighted by Crippen LogP contribution is 2.20. The SMILES string of the molecule is O=C(NCCOc1cccc(Cl)c1)c1nc(N2CCCC2)ncc1Cl. The number of carbonyl (C=O) groups excluding carboxylic acids is 1. The van der Waals surface area contributed by atoms with Gasteiger partial charge in [-0.2, -0.15) is 0 Å². The first-order valence-corrected chi connectivity index (χ1v) is 8.83. The van der Waals surface area contributed by atoms with Crippen molar-refractivity contribution in [1.82, 2.24) is 15.3 Å². The second-order valence-electron chi connectivity index (χ2n) is 5.62. The van der Waals surface area contributed by atoms with Crippen molar-refractivity contribution in [2.75, 3.05) is 31.1 Å². The first kappa shape index (κ1) is 17.8. The Bertz CT molecular complexity index is 751. The number of ether oxygens (including phenoxy) is 1. The van der Waals surface area contributed by atoms with Crippen molar-refractivity contribution in [2.45, 2.75) is 12.8 Å². The van der Waals surface area contributed by atoms with Crippen molar-refractivity contribution in [1.29, 1.82) is 0 Å². The fourth-order valence-electron chi connectivity index (χ4n) is 2.56. The summed E-state index contributed by atoms with van der Waals surface area (Å²) in [5, 5.41) is 3.59. The van der Waals surface area contributed by atoms with Gasteiger partial charge in [-0.1, -0.05) is 29.3 Å². The van der Waals surface area contributed by atoms with Crippen molar-refractivity contribution in [3.05, 3.63) is 46.2 Å². The Hall–Kier alpha value is -2.05. The van der Waals surface area contributed by atoms with Crippen LogP contribution >= 0.6 is 23.2 Å². The van der Waals surface area contributed by atoms with Crippen molar-refractivity contribution < 1.29 is 9.53 Å². The zero-order valence-corrected chi connectivity index (χ0v) is 15.1. The Morgan fingerprint density at radius 1 is 1.28 bits per heavy atom. The number of halogens is 2. The molecule has 1 amide bonds. The van der Waals surface area contributed by atoms with E-state index in [1.807, 2.05) is 0 Å². The quantitative estimate of drug-likeness (QED) is 0.779. The lowest BCUT2D eigenvalue weighted by molar-refractivity contribution is 0.0942. The molecule has 132 valence electrons. The van der Waals surface area contributed by atoms with E-state index in [1.54, 1.807) is 24.3 Å². The van der Waals surface area contributed by atoms with Crippen molar-refractivity contribution in [3.63, 3.8) is 0 Å². The van der Waals surface area contributed by atoms with Crippen LogP contribution in [0.25, 0.3) is 0 Å². The van der Waals surface area contributed by atoms with Crippen LogP contribution in [0.1, 0.15) is 23.3 Å². The number of carbonyl (C=O) groups is 1. The number of amides is 1. The zero-order chi connectivity index (χ0) is 17.6. The molecule has 0 aliphatic carbocycles. The molecule has 0 spiro atoms. The topological polar surface area (TPSA) is 67.3 Å². The van der Waals surface area contributed by atoms with Crippen molar-refractivity contribution in [3.8, 4) is 5.75 Å². The number of nitrogens with one attached hydrogen (secondary N) is 1. The minimum atomic E-state index is -0.345. The Labute approximate surface area is 156 Å². The molecule has 1 saturated heterocycles. The fourth-order valence-corrected chi connectivity index (χ4v) is 2.92. The first-order chi connectivity index (χ1) is 12.1. The van der Waals surface area contributed by atoms with Crippen LogP contribution < -0.4 is 15.0 Å². The number of rotatable bonds is 6. The van der Waals surface area contributed by atoms with Gasteiger partial charge in [0, 0.05) is 18.1 Å². The van der Waals surface area contributed by atoms with Crippen LogP contribution in [0.2, 0.25) is 10.0 Å². The Morgan fingerprint density at radius 3 is 2.84 bits per heavy atom. The summed E-state index contributed by atoms with van der Waals surface area (Å²) in [6.45, 7) is 2.44. The maximum absolute atomic E-state index is 12.3. The molecule has 25 heavy (non-hydrogen) atoms. The average molecular weight is 381 g/mol.